The van der Waals surface area contributed by atoms with Crippen LogP contribution in [0.15, 0.2) is 0 Å². The molecule has 1 fully saturated rings. The van der Waals surface area contributed by atoms with E-state index in [-0.39, 0.29) is 0 Å². The van der Waals surface area contributed by atoms with Gasteiger partial charge in [-0.25, -0.2) is 0 Å². The van der Waals surface area contributed by atoms with E-state index in [9.17, 15) is 0 Å². The molecule has 1 unspecified atom stereocenters. The molecule has 0 spiro atoms. The van der Waals surface area contributed by atoms with Crippen LogP contribution in [0.5, 0.6) is 0 Å². The highest BCUT2D eigenvalue weighted by molar-refractivity contribution is 6.17. The first-order valence-corrected chi connectivity index (χ1v) is 5.79. The van der Waals surface area contributed by atoms with E-state index in [2.05, 4.69) is 4.90 Å². The summed E-state index contributed by atoms with van der Waals surface area (Å²) >= 11 is 5.51. The fourth-order valence-corrected chi connectivity index (χ4v) is 1.87. The lowest BCUT2D eigenvalue weighted by Crippen LogP contribution is -2.40. The van der Waals surface area contributed by atoms with Gasteiger partial charge in [0.15, 0.2) is 0 Å². The van der Waals surface area contributed by atoms with Crippen LogP contribution in [0, 0.1) is 0 Å². The van der Waals surface area contributed by atoms with E-state index in [1.165, 1.54) is 19.4 Å². The molecule has 1 saturated heterocycles. The molecule has 14 heavy (non-hydrogen) atoms. The van der Waals surface area contributed by atoms with E-state index in [1.807, 2.05) is 0 Å². The molecule has 0 aliphatic carbocycles. The summed E-state index contributed by atoms with van der Waals surface area (Å²) in [5.41, 5.74) is 0. The van der Waals surface area contributed by atoms with E-state index in [0.717, 1.165) is 19.7 Å². The maximum absolute atomic E-state index is 5.51. The third-order valence-corrected chi connectivity index (χ3v) is 2.72. The fraction of sp³-hybridized carbons (Fsp3) is 1.00. The Bertz CT molecular complexity index is 146. The van der Waals surface area contributed by atoms with Crippen LogP contribution in [0.3, 0.4) is 0 Å². The van der Waals surface area contributed by atoms with Gasteiger partial charge in [0.05, 0.1) is 19.3 Å². The highest BCUT2D eigenvalue weighted by Crippen LogP contribution is 2.11. The van der Waals surface area contributed by atoms with Crippen molar-refractivity contribution in [1.29, 1.82) is 0 Å². The van der Waals surface area contributed by atoms with E-state index in [1.54, 1.807) is 7.11 Å². The molecule has 0 bridgehead atoms. The number of rotatable bonds is 6. The highest BCUT2D eigenvalue weighted by atomic mass is 35.5. The average molecular weight is 222 g/mol. The van der Waals surface area contributed by atoms with Crippen LogP contribution < -0.4 is 0 Å². The predicted octanol–water partition coefficient (Wildman–Crippen LogP) is 1.35. The second-order valence-corrected chi connectivity index (χ2v) is 3.98. The van der Waals surface area contributed by atoms with Crippen molar-refractivity contribution in [2.75, 3.05) is 45.8 Å². The van der Waals surface area contributed by atoms with E-state index in [0.29, 0.717) is 18.6 Å². The number of hydrogen-bond donors (Lipinski definition) is 0. The summed E-state index contributed by atoms with van der Waals surface area (Å²) in [7, 11) is 1.79. The maximum Gasteiger partial charge on any atom is 0.0698 e. The zero-order valence-corrected chi connectivity index (χ0v) is 9.63. The van der Waals surface area contributed by atoms with Crippen molar-refractivity contribution in [2.45, 2.75) is 18.9 Å². The first-order valence-electron chi connectivity index (χ1n) is 5.25. The van der Waals surface area contributed by atoms with Gasteiger partial charge in [0.2, 0.25) is 0 Å². The highest BCUT2D eigenvalue weighted by Gasteiger charge is 2.18. The van der Waals surface area contributed by atoms with Crippen molar-refractivity contribution >= 4 is 11.6 Å². The SMILES string of the molecule is COC1CCCN(CCOCCCl)C1. The fourth-order valence-electron chi connectivity index (χ4n) is 1.76. The zero-order valence-electron chi connectivity index (χ0n) is 8.88. The monoisotopic (exact) mass is 221 g/mol. The molecular formula is C10H20ClNO2. The number of nitrogens with zero attached hydrogens (tertiary/aromatic N) is 1. The summed E-state index contributed by atoms with van der Waals surface area (Å²) in [4.78, 5) is 2.39. The summed E-state index contributed by atoms with van der Waals surface area (Å²) in [6, 6.07) is 0. The maximum atomic E-state index is 5.51. The van der Waals surface area contributed by atoms with E-state index >= 15 is 0 Å². The molecule has 1 aliphatic rings. The smallest absolute Gasteiger partial charge is 0.0698 e. The molecule has 0 N–H and O–H groups in total. The third-order valence-electron chi connectivity index (χ3n) is 2.57. The van der Waals surface area contributed by atoms with Crippen molar-refractivity contribution in [3.8, 4) is 0 Å². The van der Waals surface area contributed by atoms with Crippen molar-refractivity contribution in [3.63, 3.8) is 0 Å². The molecule has 0 aromatic rings. The Morgan fingerprint density at radius 1 is 1.43 bits per heavy atom. The normalized spacial score (nSPS) is 24.0. The van der Waals surface area contributed by atoms with E-state index in [4.69, 9.17) is 21.1 Å². The van der Waals surface area contributed by atoms with Crippen molar-refractivity contribution in [3.05, 3.63) is 0 Å². The van der Waals surface area contributed by atoms with Crippen molar-refractivity contribution in [2.24, 2.45) is 0 Å². The number of halogens is 1. The number of ether oxygens (including phenoxy) is 2. The minimum absolute atomic E-state index is 0.414. The van der Waals surface area contributed by atoms with Gasteiger partial charge in [0, 0.05) is 26.1 Å². The van der Waals surface area contributed by atoms with Gasteiger partial charge in [0.25, 0.3) is 0 Å². The molecule has 1 atom stereocenters. The minimum Gasteiger partial charge on any atom is -0.380 e. The Labute approximate surface area is 91.3 Å². The molecule has 84 valence electrons. The molecule has 1 heterocycles. The molecular weight excluding hydrogens is 202 g/mol. The van der Waals surface area contributed by atoms with Gasteiger partial charge in [-0.05, 0) is 19.4 Å². The van der Waals surface area contributed by atoms with E-state index < -0.39 is 0 Å². The Morgan fingerprint density at radius 3 is 3.00 bits per heavy atom. The van der Waals surface area contributed by atoms with Gasteiger partial charge < -0.3 is 9.47 Å². The molecule has 0 radical (unpaired) electrons. The lowest BCUT2D eigenvalue weighted by Gasteiger charge is -2.31. The van der Waals surface area contributed by atoms with Gasteiger partial charge in [-0.15, -0.1) is 11.6 Å². The van der Waals surface area contributed by atoms with Crippen LogP contribution in [-0.2, 0) is 9.47 Å². The Balaban J connectivity index is 2.05. The number of alkyl halides is 1. The first kappa shape index (κ1) is 12.2. The molecule has 4 heteroatoms. The Morgan fingerprint density at radius 2 is 2.29 bits per heavy atom. The van der Waals surface area contributed by atoms with Gasteiger partial charge >= 0.3 is 0 Å². The average Bonchev–Trinajstić information content (AvgIpc) is 2.25. The van der Waals surface area contributed by atoms with Gasteiger partial charge in [0.1, 0.15) is 0 Å². The van der Waals surface area contributed by atoms with Gasteiger partial charge in [-0.1, -0.05) is 0 Å². The summed E-state index contributed by atoms with van der Waals surface area (Å²) in [6.07, 6.45) is 2.83. The number of likely N-dealkylation sites (tertiary alicyclic amines) is 1. The van der Waals surface area contributed by atoms with Crippen LogP contribution in [0.1, 0.15) is 12.8 Å². The van der Waals surface area contributed by atoms with Crippen molar-refractivity contribution < 1.29 is 9.47 Å². The number of methoxy groups -OCH3 is 1. The standard InChI is InChI=1S/C10H20ClNO2/c1-13-10-3-2-5-12(9-10)6-8-14-7-4-11/h10H,2-9H2,1H3. The van der Waals surface area contributed by atoms with Crippen molar-refractivity contribution in [1.82, 2.24) is 4.90 Å². The third kappa shape index (κ3) is 4.60. The molecule has 0 amide bonds. The topological polar surface area (TPSA) is 21.7 Å². The Kier molecular flexibility index (Phi) is 6.52. The number of hydrogen-bond acceptors (Lipinski definition) is 3. The van der Waals surface area contributed by atoms with Crippen LogP contribution in [0.4, 0.5) is 0 Å². The van der Waals surface area contributed by atoms with Crippen LogP contribution in [-0.4, -0.2) is 56.8 Å². The molecule has 3 nitrogen and oxygen atoms in total. The quantitative estimate of drug-likeness (QED) is 0.499. The molecule has 1 aliphatic heterocycles. The molecule has 0 aromatic carbocycles. The van der Waals surface area contributed by atoms with Gasteiger partial charge in [-0.2, -0.15) is 0 Å². The zero-order chi connectivity index (χ0) is 10.2. The van der Waals surface area contributed by atoms with Gasteiger partial charge in [-0.3, -0.25) is 4.90 Å². The second kappa shape index (κ2) is 7.46. The summed E-state index contributed by atoms with van der Waals surface area (Å²) in [5, 5.41) is 0. The molecule has 0 aromatic heterocycles. The summed E-state index contributed by atoms with van der Waals surface area (Å²) in [5.74, 6) is 0.584. The lowest BCUT2D eigenvalue weighted by molar-refractivity contribution is 0.0193. The summed E-state index contributed by atoms with van der Waals surface area (Å²) < 4.78 is 10.7. The predicted molar refractivity (Wildman–Crippen MR) is 58.0 cm³/mol. The number of piperidine rings is 1. The molecule has 0 saturated carbocycles. The largest absolute Gasteiger partial charge is 0.380 e. The first-order chi connectivity index (χ1) is 6.86. The summed E-state index contributed by atoms with van der Waals surface area (Å²) in [6.45, 7) is 4.65. The van der Waals surface area contributed by atoms with Crippen LogP contribution in [0.2, 0.25) is 0 Å². The second-order valence-electron chi connectivity index (χ2n) is 3.60. The lowest BCUT2D eigenvalue weighted by atomic mass is 10.1. The molecule has 1 rings (SSSR count). The van der Waals surface area contributed by atoms with Crippen LogP contribution >= 0.6 is 11.6 Å². The minimum atomic E-state index is 0.414. The Hall–Kier alpha value is 0.170. The van der Waals surface area contributed by atoms with Crippen LogP contribution in [0.25, 0.3) is 0 Å².